The van der Waals surface area contributed by atoms with Crippen LogP contribution in [0.15, 0.2) is 42.5 Å². The zero-order chi connectivity index (χ0) is 17.6. The van der Waals surface area contributed by atoms with E-state index < -0.39 is 5.82 Å². The molecule has 0 bridgehead atoms. The Bertz CT molecular complexity index is 750. The Morgan fingerprint density at radius 2 is 1.92 bits per heavy atom. The van der Waals surface area contributed by atoms with Crippen molar-refractivity contribution in [2.24, 2.45) is 0 Å². The molecule has 0 atom stereocenters. The van der Waals surface area contributed by atoms with Gasteiger partial charge >= 0.3 is 0 Å². The average Bonchev–Trinajstić information content (AvgIpc) is 2.63. The molecule has 1 heterocycles. The summed E-state index contributed by atoms with van der Waals surface area (Å²) in [7, 11) is 1.72. The van der Waals surface area contributed by atoms with E-state index in [4.69, 9.17) is 14.2 Å². The predicted molar refractivity (Wildman–Crippen MR) is 90.4 cm³/mol. The maximum Gasteiger partial charge on any atom is 0.226 e. The topological polar surface area (TPSA) is 48.0 Å². The van der Waals surface area contributed by atoms with Crippen LogP contribution in [0.4, 0.5) is 4.39 Å². The number of hydrogen-bond acceptors (Lipinski definition) is 4. The molecule has 0 spiro atoms. The lowest BCUT2D eigenvalue weighted by Crippen LogP contribution is -2.27. The average molecular weight is 345 g/mol. The van der Waals surface area contributed by atoms with E-state index in [1.54, 1.807) is 30.1 Å². The highest BCUT2D eigenvalue weighted by Crippen LogP contribution is 2.31. The largest absolute Gasteiger partial charge is 0.490 e. The van der Waals surface area contributed by atoms with Gasteiger partial charge in [-0.15, -0.1) is 0 Å². The summed E-state index contributed by atoms with van der Waals surface area (Å²) in [5.41, 5.74) is 0.954. The third-order valence-corrected chi connectivity index (χ3v) is 3.86. The number of rotatable bonds is 6. The summed E-state index contributed by atoms with van der Waals surface area (Å²) in [6, 6.07) is 11.8. The molecule has 0 radical (unpaired) electrons. The van der Waals surface area contributed by atoms with Gasteiger partial charge in [0.05, 0.1) is 13.0 Å². The van der Waals surface area contributed by atoms with Crippen molar-refractivity contribution in [1.29, 1.82) is 0 Å². The third kappa shape index (κ3) is 4.41. The van der Waals surface area contributed by atoms with Crippen LogP contribution in [0, 0.1) is 5.82 Å². The Kier molecular flexibility index (Phi) is 5.38. The molecule has 5 nitrogen and oxygen atoms in total. The highest BCUT2D eigenvalue weighted by Gasteiger charge is 2.14. The van der Waals surface area contributed by atoms with Crippen molar-refractivity contribution in [3.63, 3.8) is 0 Å². The Morgan fingerprint density at radius 3 is 2.72 bits per heavy atom. The minimum atomic E-state index is -0.431. The summed E-state index contributed by atoms with van der Waals surface area (Å²) in [5.74, 6) is 1.07. The lowest BCUT2D eigenvalue weighted by Gasteiger charge is -2.21. The summed E-state index contributed by atoms with van der Waals surface area (Å²) in [6.07, 6.45) is 0.176. The minimum absolute atomic E-state index is 0.0776. The summed E-state index contributed by atoms with van der Waals surface area (Å²) < 4.78 is 29.8. The molecule has 1 aliphatic heterocycles. The van der Waals surface area contributed by atoms with Crippen LogP contribution < -0.4 is 14.2 Å². The molecule has 0 unspecified atom stereocenters. The van der Waals surface area contributed by atoms with Crippen molar-refractivity contribution in [1.82, 2.24) is 4.90 Å². The van der Waals surface area contributed by atoms with Crippen LogP contribution in [-0.2, 0) is 11.3 Å². The van der Waals surface area contributed by atoms with E-state index in [1.165, 1.54) is 6.07 Å². The summed E-state index contributed by atoms with van der Waals surface area (Å²) in [5, 5.41) is 0. The monoisotopic (exact) mass is 345 g/mol. The number of hydrogen-bond donors (Lipinski definition) is 0. The number of carbonyl (C=O) groups excluding carboxylic acids is 1. The zero-order valence-corrected chi connectivity index (χ0v) is 14.0. The SMILES string of the molecule is CN(Cc1ccc2c(c1)OCCO2)C(=O)CCOc1ccccc1F. The third-order valence-electron chi connectivity index (χ3n) is 3.86. The molecule has 0 saturated heterocycles. The normalized spacial score (nSPS) is 12.6. The Hall–Kier alpha value is -2.76. The summed E-state index contributed by atoms with van der Waals surface area (Å²) >= 11 is 0. The number of benzene rings is 2. The number of amides is 1. The minimum Gasteiger partial charge on any atom is -0.490 e. The highest BCUT2D eigenvalue weighted by molar-refractivity contribution is 5.76. The molecule has 0 saturated carbocycles. The van der Waals surface area contributed by atoms with Gasteiger partial charge in [-0.25, -0.2) is 4.39 Å². The number of ether oxygens (including phenoxy) is 3. The first-order valence-corrected chi connectivity index (χ1v) is 8.13. The number of nitrogens with zero attached hydrogens (tertiary/aromatic N) is 1. The second-order valence-corrected chi connectivity index (χ2v) is 5.76. The highest BCUT2D eigenvalue weighted by atomic mass is 19.1. The van der Waals surface area contributed by atoms with E-state index in [-0.39, 0.29) is 24.7 Å². The quantitative estimate of drug-likeness (QED) is 0.807. The molecule has 25 heavy (non-hydrogen) atoms. The smallest absolute Gasteiger partial charge is 0.226 e. The molecule has 1 amide bonds. The predicted octanol–water partition coefficient (Wildman–Crippen LogP) is 3.02. The van der Waals surface area contributed by atoms with Gasteiger partial charge in [-0.1, -0.05) is 18.2 Å². The fourth-order valence-electron chi connectivity index (χ4n) is 2.55. The molecule has 132 valence electrons. The van der Waals surface area contributed by atoms with Gasteiger partial charge < -0.3 is 19.1 Å². The van der Waals surface area contributed by atoms with Crippen LogP contribution in [0.5, 0.6) is 17.2 Å². The summed E-state index contributed by atoms with van der Waals surface area (Å²) in [4.78, 5) is 13.8. The van der Waals surface area contributed by atoms with Crippen LogP contribution in [0.3, 0.4) is 0 Å². The van der Waals surface area contributed by atoms with Crippen molar-refractivity contribution < 1.29 is 23.4 Å². The maximum atomic E-state index is 13.5. The zero-order valence-electron chi connectivity index (χ0n) is 14.0. The number of fused-ring (bicyclic) bond motifs is 1. The van der Waals surface area contributed by atoms with Crippen molar-refractivity contribution in [2.45, 2.75) is 13.0 Å². The molecule has 0 aliphatic carbocycles. The van der Waals surface area contributed by atoms with Crippen molar-refractivity contribution in [2.75, 3.05) is 26.9 Å². The maximum absolute atomic E-state index is 13.5. The number of halogens is 1. The summed E-state index contributed by atoms with van der Waals surface area (Å²) in [6.45, 7) is 1.66. The molecular weight excluding hydrogens is 325 g/mol. The van der Waals surface area contributed by atoms with Crippen molar-refractivity contribution in [3.8, 4) is 17.2 Å². The van der Waals surface area contributed by atoms with Gasteiger partial charge in [-0.2, -0.15) is 0 Å². The molecule has 6 heteroatoms. The second kappa shape index (κ2) is 7.88. The van der Waals surface area contributed by atoms with E-state index in [1.807, 2.05) is 18.2 Å². The van der Waals surface area contributed by atoms with E-state index in [0.29, 0.717) is 25.5 Å². The first kappa shape index (κ1) is 17.1. The number of para-hydroxylation sites is 1. The standard InChI is InChI=1S/C19H20FNO4/c1-21(13-14-6-7-17-18(12-14)25-11-10-24-17)19(22)8-9-23-16-5-3-2-4-15(16)20/h2-7,12H,8-11,13H2,1H3. The van der Waals surface area contributed by atoms with Crippen molar-refractivity contribution >= 4 is 5.91 Å². The molecular formula is C19H20FNO4. The Balaban J connectivity index is 1.50. The molecule has 2 aromatic rings. The van der Waals surface area contributed by atoms with Gasteiger partial charge in [0.2, 0.25) is 5.91 Å². The van der Waals surface area contributed by atoms with Crippen LogP contribution in [0.25, 0.3) is 0 Å². The first-order chi connectivity index (χ1) is 12.1. The molecule has 0 N–H and O–H groups in total. The van der Waals surface area contributed by atoms with Gasteiger partial charge in [0, 0.05) is 13.6 Å². The molecule has 0 fully saturated rings. The van der Waals surface area contributed by atoms with Crippen molar-refractivity contribution in [3.05, 3.63) is 53.8 Å². The van der Waals surface area contributed by atoms with Crippen LogP contribution in [-0.4, -0.2) is 37.7 Å². The second-order valence-electron chi connectivity index (χ2n) is 5.76. The van der Waals surface area contributed by atoms with Gasteiger partial charge in [0.15, 0.2) is 23.1 Å². The van der Waals surface area contributed by atoms with Gasteiger partial charge in [0.1, 0.15) is 13.2 Å². The van der Waals surface area contributed by atoms with E-state index in [0.717, 1.165) is 11.3 Å². The van der Waals surface area contributed by atoms with Crippen LogP contribution in [0.1, 0.15) is 12.0 Å². The first-order valence-electron chi connectivity index (χ1n) is 8.13. The Morgan fingerprint density at radius 1 is 1.16 bits per heavy atom. The van der Waals surface area contributed by atoms with Crippen LogP contribution >= 0.6 is 0 Å². The Labute approximate surface area is 145 Å². The fraction of sp³-hybridized carbons (Fsp3) is 0.316. The molecule has 1 aliphatic rings. The van der Waals surface area contributed by atoms with Gasteiger partial charge in [0.25, 0.3) is 0 Å². The molecule has 2 aromatic carbocycles. The van der Waals surface area contributed by atoms with Crippen LogP contribution in [0.2, 0.25) is 0 Å². The lowest BCUT2D eigenvalue weighted by atomic mass is 10.2. The molecule has 3 rings (SSSR count). The van der Waals surface area contributed by atoms with E-state index in [9.17, 15) is 9.18 Å². The van der Waals surface area contributed by atoms with Gasteiger partial charge in [-0.3, -0.25) is 4.79 Å². The fourth-order valence-corrected chi connectivity index (χ4v) is 2.55. The van der Waals surface area contributed by atoms with Gasteiger partial charge in [-0.05, 0) is 29.8 Å². The lowest BCUT2D eigenvalue weighted by molar-refractivity contribution is -0.130. The van der Waals surface area contributed by atoms with E-state index in [2.05, 4.69) is 0 Å². The molecule has 0 aromatic heterocycles. The van der Waals surface area contributed by atoms with E-state index >= 15 is 0 Å². The number of carbonyl (C=O) groups is 1.